The van der Waals surface area contributed by atoms with Crippen LogP contribution in [0, 0.1) is 18.3 Å². The maximum Gasteiger partial charge on any atom is 0.258 e. The number of aromatic nitrogens is 3. The van der Waals surface area contributed by atoms with Crippen molar-refractivity contribution < 1.29 is 9.21 Å². The Labute approximate surface area is 178 Å². The Morgan fingerprint density at radius 3 is 2.67 bits per heavy atom. The maximum atomic E-state index is 13.3. The lowest BCUT2D eigenvalue weighted by atomic mass is 10.1. The number of rotatable bonds is 4. The van der Waals surface area contributed by atoms with E-state index in [-0.39, 0.29) is 5.91 Å². The Balaban J connectivity index is 1.54. The van der Waals surface area contributed by atoms with E-state index in [9.17, 15) is 10.1 Å². The standard InChI is InChI=1S/C21H20N6O2S/c1-14-17(20(30-2)25-18(24-14)16-6-4-12-29-16)21(28)27-10-8-26(9-11-27)19-15(13-22)5-3-7-23-19/h3-7,12H,8-11H2,1-2H3. The summed E-state index contributed by atoms with van der Waals surface area (Å²) in [6.07, 6.45) is 5.15. The molecule has 0 unspecified atom stereocenters. The minimum absolute atomic E-state index is 0.0796. The van der Waals surface area contributed by atoms with Crippen LogP contribution in [0.4, 0.5) is 5.82 Å². The highest BCUT2D eigenvalue weighted by atomic mass is 32.2. The van der Waals surface area contributed by atoms with Gasteiger partial charge in [0.15, 0.2) is 11.6 Å². The van der Waals surface area contributed by atoms with Crippen molar-refractivity contribution in [3.05, 3.63) is 53.5 Å². The minimum Gasteiger partial charge on any atom is -0.461 e. The second-order valence-electron chi connectivity index (χ2n) is 6.76. The Morgan fingerprint density at radius 2 is 2.00 bits per heavy atom. The molecule has 0 radical (unpaired) electrons. The van der Waals surface area contributed by atoms with Gasteiger partial charge in [-0.1, -0.05) is 0 Å². The van der Waals surface area contributed by atoms with Gasteiger partial charge in [-0.15, -0.1) is 11.8 Å². The van der Waals surface area contributed by atoms with Crippen LogP contribution >= 0.6 is 11.8 Å². The van der Waals surface area contributed by atoms with E-state index in [0.717, 1.165) is 0 Å². The van der Waals surface area contributed by atoms with E-state index in [1.807, 2.05) is 23.0 Å². The van der Waals surface area contributed by atoms with E-state index in [2.05, 4.69) is 21.0 Å². The van der Waals surface area contributed by atoms with Crippen molar-refractivity contribution in [1.29, 1.82) is 5.26 Å². The Bertz CT molecular complexity index is 1100. The van der Waals surface area contributed by atoms with Gasteiger partial charge in [0, 0.05) is 32.4 Å². The first kappa shape index (κ1) is 19.9. The van der Waals surface area contributed by atoms with E-state index in [1.165, 1.54) is 11.8 Å². The van der Waals surface area contributed by atoms with Crippen molar-refractivity contribution in [3.63, 3.8) is 0 Å². The molecule has 0 saturated carbocycles. The predicted octanol–water partition coefficient (Wildman–Crippen LogP) is 3.00. The summed E-state index contributed by atoms with van der Waals surface area (Å²) in [6.45, 7) is 4.11. The number of furan rings is 1. The average Bonchev–Trinajstić information content (AvgIpc) is 3.33. The smallest absolute Gasteiger partial charge is 0.258 e. The molecular weight excluding hydrogens is 400 g/mol. The lowest BCUT2D eigenvalue weighted by Gasteiger charge is -2.36. The number of hydrogen-bond donors (Lipinski definition) is 0. The summed E-state index contributed by atoms with van der Waals surface area (Å²) in [7, 11) is 0. The van der Waals surface area contributed by atoms with Gasteiger partial charge in [-0.2, -0.15) is 5.26 Å². The summed E-state index contributed by atoms with van der Waals surface area (Å²) in [6, 6.07) is 9.27. The second-order valence-corrected chi connectivity index (χ2v) is 7.55. The van der Waals surface area contributed by atoms with Crippen molar-refractivity contribution in [2.24, 2.45) is 0 Å². The van der Waals surface area contributed by atoms with Gasteiger partial charge in [0.05, 0.1) is 23.1 Å². The molecule has 30 heavy (non-hydrogen) atoms. The summed E-state index contributed by atoms with van der Waals surface area (Å²) in [5, 5.41) is 9.95. The largest absolute Gasteiger partial charge is 0.461 e. The summed E-state index contributed by atoms with van der Waals surface area (Å²) < 4.78 is 5.40. The third-order valence-corrected chi connectivity index (χ3v) is 5.66. The molecule has 0 aromatic carbocycles. The topological polar surface area (TPSA) is 99.2 Å². The van der Waals surface area contributed by atoms with Crippen LogP contribution in [0.2, 0.25) is 0 Å². The molecule has 0 bridgehead atoms. The number of piperazine rings is 1. The molecule has 3 aromatic rings. The molecule has 1 aliphatic heterocycles. The zero-order chi connectivity index (χ0) is 21.1. The molecule has 1 aliphatic rings. The number of nitriles is 1. The van der Waals surface area contributed by atoms with Gasteiger partial charge in [0.25, 0.3) is 5.91 Å². The summed E-state index contributed by atoms with van der Waals surface area (Å²) in [4.78, 5) is 30.5. The number of anilines is 1. The quantitative estimate of drug-likeness (QED) is 0.469. The lowest BCUT2D eigenvalue weighted by Crippen LogP contribution is -2.49. The molecule has 0 spiro atoms. The third kappa shape index (κ3) is 3.74. The molecule has 0 aliphatic carbocycles. The van der Waals surface area contributed by atoms with Gasteiger partial charge in [-0.05, 0) is 37.4 Å². The van der Waals surface area contributed by atoms with E-state index in [4.69, 9.17) is 4.42 Å². The number of carbonyl (C=O) groups excluding carboxylic acids is 1. The van der Waals surface area contributed by atoms with E-state index >= 15 is 0 Å². The molecule has 9 heteroatoms. The molecule has 8 nitrogen and oxygen atoms in total. The maximum absolute atomic E-state index is 13.3. The van der Waals surface area contributed by atoms with Crippen LogP contribution in [0.15, 0.2) is 46.2 Å². The molecule has 1 fully saturated rings. The van der Waals surface area contributed by atoms with Crippen molar-refractivity contribution in [2.75, 3.05) is 37.3 Å². The average molecular weight is 420 g/mol. The molecule has 0 N–H and O–H groups in total. The van der Waals surface area contributed by atoms with Crippen LogP contribution in [0.25, 0.3) is 11.6 Å². The number of amides is 1. The number of thioether (sulfide) groups is 1. The molecule has 1 amide bonds. The Kier molecular flexibility index (Phi) is 5.68. The SMILES string of the molecule is CSc1nc(-c2ccco2)nc(C)c1C(=O)N1CCN(c2ncccc2C#N)CC1. The molecule has 4 heterocycles. The van der Waals surface area contributed by atoms with Crippen LogP contribution in [0.1, 0.15) is 21.6 Å². The van der Waals surface area contributed by atoms with E-state index in [0.29, 0.717) is 65.4 Å². The highest BCUT2D eigenvalue weighted by Crippen LogP contribution is 2.27. The van der Waals surface area contributed by atoms with Gasteiger partial charge >= 0.3 is 0 Å². The Morgan fingerprint density at radius 1 is 1.20 bits per heavy atom. The normalized spacial score (nSPS) is 13.9. The summed E-state index contributed by atoms with van der Waals surface area (Å²) in [5.74, 6) is 1.63. The number of aryl methyl sites for hydroxylation is 1. The van der Waals surface area contributed by atoms with Gasteiger partial charge in [-0.25, -0.2) is 15.0 Å². The van der Waals surface area contributed by atoms with Crippen molar-refractivity contribution in [2.45, 2.75) is 11.9 Å². The van der Waals surface area contributed by atoms with Crippen LogP contribution < -0.4 is 4.90 Å². The van der Waals surface area contributed by atoms with Gasteiger partial charge in [0.2, 0.25) is 0 Å². The van der Waals surface area contributed by atoms with E-state index < -0.39 is 0 Å². The van der Waals surface area contributed by atoms with Crippen LogP contribution in [0.3, 0.4) is 0 Å². The zero-order valence-corrected chi connectivity index (χ0v) is 17.5. The molecule has 0 atom stereocenters. The molecule has 4 rings (SSSR count). The van der Waals surface area contributed by atoms with Crippen LogP contribution in [-0.4, -0.2) is 58.2 Å². The summed E-state index contributed by atoms with van der Waals surface area (Å²) >= 11 is 1.42. The second kappa shape index (κ2) is 8.55. The van der Waals surface area contributed by atoms with Crippen LogP contribution in [-0.2, 0) is 0 Å². The molecule has 1 saturated heterocycles. The first-order chi connectivity index (χ1) is 14.6. The number of carbonyl (C=O) groups is 1. The number of nitrogens with zero attached hydrogens (tertiary/aromatic N) is 6. The predicted molar refractivity (Wildman–Crippen MR) is 113 cm³/mol. The number of pyridine rings is 1. The van der Waals surface area contributed by atoms with Gasteiger partial charge in [-0.3, -0.25) is 4.79 Å². The molecule has 3 aromatic heterocycles. The third-order valence-electron chi connectivity index (χ3n) is 4.98. The van der Waals surface area contributed by atoms with Gasteiger partial charge < -0.3 is 14.2 Å². The first-order valence-electron chi connectivity index (χ1n) is 9.48. The highest BCUT2D eigenvalue weighted by Gasteiger charge is 2.28. The van der Waals surface area contributed by atoms with Crippen molar-refractivity contribution in [3.8, 4) is 17.7 Å². The fourth-order valence-electron chi connectivity index (χ4n) is 3.47. The number of hydrogen-bond acceptors (Lipinski definition) is 8. The van der Waals surface area contributed by atoms with Crippen molar-refractivity contribution in [1.82, 2.24) is 19.9 Å². The highest BCUT2D eigenvalue weighted by molar-refractivity contribution is 7.98. The van der Waals surface area contributed by atoms with Crippen LogP contribution in [0.5, 0.6) is 0 Å². The van der Waals surface area contributed by atoms with Crippen molar-refractivity contribution >= 4 is 23.5 Å². The Hall–Kier alpha value is -3.38. The summed E-state index contributed by atoms with van der Waals surface area (Å²) in [5.41, 5.74) is 1.70. The fourth-order valence-corrected chi connectivity index (χ4v) is 4.09. The van der Waals surface area contributed by atoms with Gasteiger partial charge in [0.1, 0.15) is 16.9 Å². The fraction of sp³-hybridized carbons (Fsp3) is 0.286. The molecule has 152 valence electrons. The monoisotopic (exact) mass is 420 g/mol. The first-order valence-corrected chi connectivity index (χ1v) is 10.7. The zero-order valence-electron chi connectivity index (χ0n) is 16.7. The molecular formula is C21H20N6O2S. The minimum atomic E-state index is -0.0796. The van der Waals surface area contributed by atoms with E-state index in [1.54, 1.807) is 36.7 Å². The lowest BCUT2D eigenvalue weighted by molar-refractivity contribution is 0.0740.